The van der Waals surface area contributed by atoms with Crippen LogP contribution in [0.5, 0.6) is 0 Å². The highest BCUT2D eigenvalue weighted by Gasteiger charge is 2.23. The summed E-state index contributed by atoms with van der Waals surface area (Å²) in [6.07, 6.45) is 0. The van der Waals surface area contributed by atoms with E-state index in [1.165, 1.54) is 10.8 Å². The molecular formula is C54H34N2O2. The predicted molar refractivity (Wildman–Crippen MR) is 241 cm³/mol. The first-order valence-corrected chi connectivity index (χ1v) is 19.7. The van der Waals surface area contributed by atoms with E-state index >= 15 is 0 Å². The number of nitrogens with zero attached hydrogens (tertiary/aromatic N) is 2. The van der Waals surface area contributed by atoms with Gasteiger partial charge >= 0.3 is 0 Å². The van der Waals surface area contributed by atoms with Gasteiger partial charge in [0, 0.05) is 60.5 Å². The van der Waals surface area contributed by atoms with Gasteiger partial charge in [-0.1, -0.05) is 133 Å². The minimum absolute atomic E-state index is 0.869. The lowest BCUT2D eigenvalue weighted by atomic mass is 9.95. The third-order valence-electron chi connectivity index (χ3n) is 11.6. The van der Waals surface area contributed by atoms with Crippen molar-refractivity contribution in [3.05, 3.63) is 206 Å². The van der Waals surface area contributed by atoms with Gasteiger partial charge < -0.3 is 18.3 Å². The topological polar surface area (TPSA) is 34.5 Å². The van der Waals surface area contributed by atoms with Crippen molar-refractivity contribution in [2.75, 3.05) is 4.90 Å². The van der Waals surface area contributed by atoms with Gasteiger partial charge in [-0.2, -0.15) is 0 Å². The number of anilines is 3. The molecule has 0 saturated heterocycles. The molecule has 0 spiro atoms. The van der Waals surface area contributed by atoms with Crippen molar-refractivity contribution in [2.45, 2.75) is 0 Å². The van der Waals surface area contributed by atoms with Crippen molar-refractivity contribution in [1.29, 1.82) is 0 Å². The van der Waals surface area contributed by atoms with Gasteiger partial charge in [-0.05, 0) is 83.9 Å². The fourth-order valence-electron chi connectivity index (χ4n) is 9.05. The van der Waals surface area contributed by atoms with Gasteiger partial charge in [0.05, 0.1) is 16.7 Å². The van der Waals surface area contributed by atoms with Crippen LogP contribution in [0.25, 0.3) is 93.6 Å². The molecule has 0 amide bonds. The lowest BCUT2D eigenvalue weighted by Gasteiger charge is -2.28. The molecule has 12 rings (SSSR count). The number of benzene rings is 9. The second-order valence-electron chi connectivity index (χ2n) is 14.9. The number of para-hydroxylation sites is 7. The van der Waals surface area contributed by atoms with Crippen molar-refractivity contribution >= 4 is 82.7 Å². The Kier molecular flexibility index (Phi) is 7.20. The van der Waals surface area contributed by atoms with Crippen LogP contribution in [-0.4, -0.2) is 4.57 Å². The standard InChI is InChI=1S/C54H34N2O2/c1-3-16-37(17-4-1)55(48-28-15-29-49-52(48)46-22-7-10-27-47(46)56(49)38-18-5-2-6-19-38)39-33-35(40-23-13-25-44-42-20-8-11-30-50(42)57-53(40)44)32-36(34-39)41-24-14-26-45-43-21-9-12-31-51(43)58-54(41)45/h1-34H. The average Bonchev–Trinajstić information content (AvgIpc) is 3.97. The molecule has 0 unspecified atom stereocenters. The number of hydrogen-bond acceptors (Lipinski definition) is 3. The minimum Gasteiger partial charge on any atom is -0.455 e. The summed E-state index contributed by atoms with van der Waals surface area (Å²) < 4.78 is 15.7. The van der Waals surface area contributed by atoms with Gasteiger partial charge in [0.15, 0.2) is 0 Å². The number of furan rings is 2. The van der Waals surface area contributed by atoms with Gasteiger partial charge in [-0.3, -0.25) is 0 Å². The van der Waals surface area contributed by atoms with Crippen LogP contribution in [0.3, 0.4) is 0 Å². The van der Waals surface area contributed by atoms with Gasteiger partial charge in [0.1, 0.15) is 22.3 Å². The molecule has 0 aliphatic heterocycles. The molecule has 3 heterocycles. The summed E-state index contributed by atoms with van der Waals surface area (Å²) in [5.74, 6) is 0. The van der Waals surface area contributed by atoms with E-state index in [9.17, 15) is 0 Å². The van der Waals surface area contributed by atoms with E-state index in [-0.39, 0.29) is 0 Å². The highest BCUT2D eigenvalue weighted by Crippen LogP contribution is 2.47. The highest BCUT2D eigenvalue weighted by molar-refractivity contribution is 6.17. The van der Waals surface area contributed by atoms with E-state index in [1.807, 2.05) is 24.3 Å². The molecule has 0 aliphatic rings. The first kappa shape index (κ1) is 32.4. The van der Waals surface area contributed by atoms with Crippen LogP contribution in [0.4, 0.5) is 17.1 Å². The zero-order valence-corrected chi connectivity index (χ0v) is 31.3. The molecule has 4 nitrogen and oxygen atoms in total. The van der Waals surface area contributed by atoms with Crippen molar-refractivity contribution in [3.8, 4) is 27.9 Å². The number of hydrogen-bond donors (Lipinski definition) is 0. The summed E-state index contributed by atoms with van der Waals surface area (Å²) in [5.41, 5.74) is 14.2. The van der Waals surface area contributed by atoms with Crippen LogP contribution < -0.4 is 4.90 Å². The van der Waals surface area contributed by atoms with E-state index in [2.05, 4.69) is 191 Å². The van der Waals surface area contributed by atoms with Gasteiger partial charge in [0.25, 0.3) is 0 Å². The van der Waals surface area contributed by atoms with Crippen LogP contribution in [0, 0.1) is 0 Å². The number of aromatic nitrogens is 1. The molecule has 0 fully saturated rings. The highest BCUT2D eigenvalue weighted by atomic mass is 16.3. The molecule has 272 valence electrons. The van der Waals surface area contributed by atoms with Crippen LogP contribution in [0.2, 0.25) is 0 Å². The van der Waals surface area contributed by atoms with Crippen LogP contribution in [0.1, 0.15) is 0 Å². The van der Waals surface area contributed by atoms with E-state index < -0.39 is 0 Å². The van der Waals surface area contributed by atoms with E-state index in [0.717, 1.165) is 99.9 Å². The van der Waals surface area contributed by atoms with Crippen LogP contribution in [-0.2, 0) is 0 Å². The number of rotatable bonds is 6. The third kappa shape index (κ3) is 4.95. The molecule has 4 heteroatoms. The van der Waals surface area contributed by atoms with Gasteiger partial charge in [-0.25, -0.2) is 0 Å². The largest absolute Gasteiger partial charge is 0.455 e. The summed E-state index contributed by atoms with van der Waals surface area (Å²) >= 11 is 0. The molecule has 0 atom stereocenters. The smallest absolute Gasteiger partial charge is 0.143 e. The van der Waals surface area contributed by atoms with Gasteiger partial charge in [-0.15, -0.1) is 0 Å². The van der Waals surface area contributed by atoms with E-state index in [1.54, 1.807) is 0 Å². The molecule has 0 radical (unpaired) electrons. The summed E-state index contributed by atoms with van der Waals surface area (Å²) in [6, 6.07) is 73.2. The van der Waals surface area contributed by atoms with Crippen molar-refractivity contribution in [1.82, 2.24) is 4.57 Å². The molecule has 9 aromatic carbocycles. The summed E-state index contributed by atoms with van der Waals surface area (Å²) in [5, 5.41) is 6.77. The molecule has 0 aliphatic carbocycles. The summed E-state index contributed by atoms with van der Waals surface area (Å²) in [7, 11) is 0. The maximum Gasteiger partial charge on any atom is 0.143 e. The van der Waals surface area contributed by atoms with Crippen LogP contribution in [0.15, 0.2) is 215 Å². The molecule has 0 N–H and O–H groups in total. The monoisotopic (exact) mass is 742 g/mol. The first-order valence-electron chi connectivity index (χ1n) is 19.7. The number of fused-ring (bicyclic) bond motifs is 9. The fraction of sp³-hybridized carbons (Fsp3) is 0. The quantitative estimate of drug-likeness (QED) is 0.170. The van der Waals surface area contributed by atoms with Gasteiger partial charge in [0.2, 0.25) is 0 Å². The Labute approximate surface area is 334 Å². The zero-order chi connectivity index (χ0) is 38.2. The fourth-order valence-corrected chi connectivity index (χ4v) is 9.05. The van der Waals surface area contributed by atoms with Crippen molar-refractivity contribution in [2.24, 2.45) is 0 Å². The maximum absolute atomic E-state index is 6.68. The Morgan fingerprint density at radius 1 is 0.362 bits per heavy atom. The summed E-state index contributed by atoms with van der Waals surface area (Å²) in [6.45, 7) is 0. The Hall–Kier alpha value is -7.82. The third-order valence-corrected chi connectivity index (χ3v) is 11.6. The minimum atomic E-state index is 0.869. The Morgan fingerprint density at radius 2 is 0.862 bits per heavy atom. The second kappa shape index (κ2) is 12.9. The SMILES string of the molecule is c1ccc(N(c2cc(-c3cccc4c3oc3ccccc34)cc(-c3cccc4c3oc3ccccc34)c2)c2cccc3c2c2ccccc2n3-c2ccccc2)cc1. The Morgan fingerprint density at radius 3 is 1.50 bits per heavy atom. The Balaban J connectivity index is 1.18. The molecule has 3 aromatic heterocycles. The molecule has 12 aromatic rings. The lowest BCUT2D eigenvalue weighted by molar-refractivity contribution is 0.670. The molecule has 0 saturated carbocycles. The molecular weight excluding hydrogens is 709 g/mol. The van der Waals surface area contributed by atoms with Crippen LogP contribution >= 0.6 is 0 Å². The molecule has 0 bridgehead atoms. The maximum atomic E-state index is 6.68. The second-order valence-corrected chi connectivity index (χ2v) is 14.9. The average molecular weight is 743 g/mol. The predicted octanol–water partition coefficient (Wildman–Crippen LogP) is 15.4. The normalized spacial score (nSPS) is 11.8. The Bertz CT molecular complexity index is 3390. The first-order chi connectivity index (χ1) is 28.8. The zero-order valence-electron chi connectivity index (χ0n) is 31.3. The molecule has 58 heavy (non-hydrogen) atoms. The van der Waals surface area contributed by atoms with E-state index in [4.69, 9.17) is 8.83 Å². The van der Waals surface area contributed by atoms with Crippen molar-refractivity contribution in [3.63, 3.8) is 0 Å². The summed E-state index contributed by atoms with van der Waals surface area (Å²) in [4.78, 5) is 2.41. The lowest BCUT2D eigenvalue weighted by Crippen LogP contribution is -2.11. The van der Waals surface area contributed by atoms with E-state index in [0.29, 0.717) is 0 Å². The van der Waals surface area contributed by atoms with Crippen molar-refractivity contribution < 1.29 is 8.83 Å².